The molecule has 5 heteroatoms. The number of hydrogen-bond acceptors (Lipinski definition) is 3. The lowest BCUT2D eigenvalue weighted by atomic mass is 10.1. The standard InChI is InChI=1S/C15H15Br2NO2/c1-9(2)20-12-5-3-10(4-6-12)15(19)14-13(17)7-11(16)8-18-14/h3-9,15,19H,1-2H3. The quantitative estimate of drug-likeness (QED) is 0.822. The minimum Gasteiger partial charge on any atom is -0.491 e. The Kier molecular flexibility index (Phi) is 5.18. The number of benzene rings is 1. The van der Waals surface area contributed by atoms with E-state index in [0.29, 0.717) is 5.69 Å². The van der Waals surface area contributed by atoms with Gasteiger partial charge in [0.15, 0.2) is 0 Å². The summed E-state index contributed by atoms with van der Waals surface area (Å²) < 4.78 is 7.21. The molecule has 1 aromatic heterocycles. The molecule has 1 aromatic carbocycles. The smallest absolute Gasteiger partial charge is 0.122 e. The van der Waals surface area contributed by atoms with Gasteiger partial charge in [0.05, 0.1) is 11.8 Å². The van der Waals surface area contributed by atoms with E-state index >= 15 is 0 Å². The number of halogens is 2. The molecule has 0 amide bonds. The van der Waals surface area contributed by atoms with Crippen molar-refractivity contribution in [3.05, 3.63) is 56.7 Å². The summed E-state index contributed by atoms with van der Waals surface area (Å²) in [6, 6.07) is 9.26. The van der Waals surface area contributed by atoms with Crippen LogP contribution in [0.2, 0.25) is 0 Å². The van der Waals surface area contributed by atoms with Crippen LogP contribution in [0, 0.1) is 0 Å². The van der Waals surface area contributed by atoms with Crippen LogP contribution < -0.4 is 4.74 Å². The van der Waals surface area contributed by atoms with Crippen molar-refractivity contribution in [3.63, 3.8) is 0 Å². The lowest BCUT2D eigenvalue weighted by molar-refractivity contribution is 0.213. The monoisotopic (exact) mass is 399 g/mol. The molecule has 1 atom stereocenters. The average Bonchev–Trinajstić information content (AvgIpc) is 2.38. The van der Waals surface area contributed by atoms with E-state index in [9.17, 15) is 5.11 Å². The number of aliphatic hydroxyl groups is 1. The van der Waals surface area contributed by atoms with Crippen LogP contribution in [0.5, 0.6) is 5.75 Å². The Morgan fingerprint density at radius 3 is 2.35 bits per heavy atom. The highest BCUT2D eigenvalue weighted by Gasteiger charge is 2.15. The van der Waals surface area contributed by atoms with Gasteiger partial charge in [-0.3, -0.25) is 4.98 Å². The third-order valence-electron chi connectivity index (χ3n) is 2.66. The number of hydrogen-bond donors (Lipinski definition) is 1. The lowest BCUT2D eigenvalue weighted by Crippen LogP contribution is -2.06. The molecular weight excluding hydrogens is 386 g/mol. The van der Waals surface area contributed by atoms with Gasteiger partial charge in [0.2, 0.25) is 0 Å². The predicted molar refractivity (Wildman–Crippen MR) is 85.9 cm³/mol. The maximum atomic E-state index is 10.4. The molecule has 0 radical (unpaired) electrons. The van der Waals surface area contributed by atoms with Crippen LogP contribution in [-0.2, 0) is 0 Å². The molecule has 1 N–H and O–H groups in total. The third-order valence-corrected chi connectivity index (χ3v) is 3.73. The van der Waals surface area contributed by atoms with Crippen molar-refractivity contribution in [1.29, 1.82) is 0 Å². The van der Waals surface area contributed by atoms with Gasteiger partial charge in [-0.2, -0.15) is 0 Å². The molecule has 3 nitrogen and oxygen atoms in total. The van der Waals surface area contributed by atoms with E-state index in [-0.39, 0.29) is 6.10 Å². The van der Waals surface area contributed by atoms with Crippen molar-refractivity contribution in [1.82, 2.24) is 4.98 Å². The van der Waals surface area contributed by atoms with Crippen LogP contribution in [0.1, 0.15) is 31.2 Å². The molecule has 0 saturated carbocycles. The first-order valence-corrected chi connectivity index (χ1v) is 7.81. The fourth-order valence-electron chi connectivity index (χ4n) is 1.79. The van der Waals surface area contributed by atoms with E-state index in [1.165, 1.54) is 0 Å². The van der Waals surface area contributed by atoms with Gasteiger partial charge < -0.3 is 9.84 Å². The van der Waals surface area contributed by atoms with E-state index in [4.69, 9.17) is 4.74 Å². The van der Waals surface area contributed by atoms with Crippen LogP contribution in [-0.4, -0.2) is 16.2 Å². The molecule has 106 valence electrons. The highest BCUT2D eigenvalue weighted by molar-refractivity contribution is 9.11. The van der Waals surface area contributed by atoms with Crippen molar-refractivity contribution in [2.75, 3.05) is 0 Å². The zero-order valence-corrected chi connectivity index (χ0v) is 14.3. The van der Waals surface area contributed by atoms with Gasteiger partial charge in [-0.05, 0) is 69.5 Å². The van der Waals surface area contributed by atoms with Gasteiger partial charge in [0.25, 0.3) is 0 Å². The molecule has 0 saturated heterocycles. The number of aromatic nitrogens is 1. The first-order chi connectivity index (χ1) is 9.47. The summed E-state index contributed by atoms with van der Waals surface area (Å²) in [6.45, 7) is 3.96. The van der Waals surface area contributed by atoms with Gasteiger partial charge in [0.1, 0.15) is 11.9 Å². The molecular formula is C15H15Br2NO2. The number of nitrogens with zero attached hydrogens (tertiary/aromatic N) is 1. The molecule has 0 aliphatic carbocycles. The van der Waals surface area contributed by atoms with E-state index in [1.54, 1.807) is 6.20 Å². The van der Waals surface area contributed by atoms with Gasteiger partial charge in [-0.15, -0.1) is 0 Å². The normalized spacial score (nSPS) is 12.5. The summed E-state index contributed by atoms with van der Waals surface area (Å²) >= 11 is 6.76. The molecule has 1 unspecified atom stereocenters. The average molecular weight is 401 g/mol. The SMILES string of the molecule is CC(C)Oc1ccc(C(O)c2ncc(Br)cc2Br)cc1. The summed E-state index contributed by atoms with van der Waals surface area (Å²) in [6.07, 6.45) is 1.03. The molecule has 2 aromatic rings. The third kappa shape index (κ3) is 3.81. The van der Waals surface area contributed by atoms with Crippen molar-refractivity contribution in [2.24, 2.45) is 0 Å². The van der Waals surface area contributed by atoms with Crippen molar-refractivity contribution < 1.29 is 9.84 Å². The Morgan fingerprint density at radius 1 is 1.15 bits per heavy atom. The number of ether oxygens (including phenoxy) is 1. The lowest BCUT2D eigenvalue weighted by Gasteiger charge is -2.14. The maximum Gasteiger partial charge on any atom is 0.122 e. The topological polar surface area (TPSA) is 42.4 Å². The van der Waals surface area contributed by atoms with E-state index in [2.05, 4.69) is 36.8 Å². The Morgan fingerprint density at radius 2 is 1.80 bits per heavy atom. The highest BCUT2D eigenvalue weighted by atomic mass is 79.9. The van der Waals surface area contributed by atoms with Gasteiger partial charge in [0, 0.05) is 15.1 Å². The minimum atomic E-state index is -0.773. The second-order valence-electron chi connectivity index (χ2n) is 4.66. The molecule has 0 fully saturated rings. The Labute approximate surface area is 135 Å². The number of pyridine rings is 1. The molecule has 0 bridgehead atoms. The highest BCUT2D eigenvalue weighted by Crippen LogP contribution is 2.29. The van der Waals surface area contributed by atoms with E-state index < -0.39 is 6.10 Å². The van der Waals surface area contributed by atoms with Crippen molar-refractivity contribution >= 4 is 31.9 Å². The molecule has 20 heavy (non-hydrogen) atoms. The summed E-state index contributed by atoms with van der Waals surface area (Å²) in [5, 5.41) is 10.4. The summed E-state index contributed by atoms with van der Waals surface area (Å²) in [7, 11) is 0. The Balaban J connectivity index is 2.22. The second kappa shape index (κ2) is 6.70. The van der Waals surface area contributed by atoms with Crippen LogP contribution in [0.15, 0.2) is 45.5 Å². The van der Waals surface area contributed by atoms with E-state index in [1.807, 2.05) is 44.2 Å². The largest absolute Gasteiger partial charge is 0.491 e. The zero-order valence-electron chi connectivity index (χ0n) is 11.2. The Bertz CT molecular complexity index is 585. The van der Waals surface area contributed by atoms with Crippen molar-refractivity contribution in [3.8, 4) is 5.75 Å². The predicted octanol–water partition coefficient (Wildman–Crippen LogP) is 4.48. The summed E-state index contributed by atoms with van der Waals surface area (Å²) in [4.78, 5) is 4.25. The fourth-order valence-corrected chi connectivity index (χ4v) is 2.99. The zero-order chi connectivity index (χ0) is 14.7. The Hall–Kier alpha value is -0.910. The first kappa shape index (κ1) is 15.5. The second-order valence-corrected chi connectivity index (χ2v) is 6.43. The van der Waals surface area contributed by atoms with Crippen molar-refractivity contribution in [2.45, 2.75) is 26.1 Å². The van der Waals surface area contributed by atoms with E-state index in [0.717, 1.165) is 20.3 Å². The first-order valence-electron chi connectivity index (χ1n) is 6.23. The van der Waals surface area contributed by atoms with Crippen LogP contribution in [0.25, 0.3) is 0 Å². The van der Waals surface area contributed by atoms with Crippen LogP contribution in [0.3, 0.4) is 0 Å². The fraction of sp³-hybridized carbons (Fsp3) is 0.267. The molecule has 1 heterocycles. The molecule has 0 aliphatic rings. The number of aliphatic hydroxyl groups excluding tert-OH is 1. The molecule has 2 rings (SSSR count). The van der Waals surface area contributed by atoms with Gasteiger partial charge >= 0.3 is 0 Å². The minimum absolute atomic E-state index is 0.132. The van der Waals surface area contributed by atoms with Gasteiger partial charge in [-0.25, -0.2) is 0 Å². The molecule has 0 spiro atoms. The summed E-state index contributed by atoms with van der Waals surface area (Å²) in [5.74, 6) is 0.791. The van der Waals surface area contributed by atoms with Crippen LogP contribution in [0.4, 0.5) is 0 Å². The maximum absolute atomic E-state index is 10.4. The molecule has 0 aliphatic heterocycles. The van der Waals surface area contributed by atoms with Crippen LogP contribution >= 0.6 is 31.9 Å². The summed E-state index contributed by atoms with van der Waals surface area (Å²) in [5.41, 5.74) is 1.36. The number of rotatable bonds is 4. The van der Waals surface area contributed by atoms with Gasteiger partial charge in [-0.1, -0.05) is 12.1 Å².